The largest absolute Gasteiger partial charge is 0.312 e. The van der Waals surface area contributed by atoms with Gasteiger partial charge < -0.3 is 9.80 Å². The van der Waals surface area contributed by atoms with Crippen molar-refractivity contribution < 1.29 is 4.79 Å². The van der Waals surface area contributed by atoms with E-state index in [0.717, 1.165) is 38.0 Å². The summed E-state index contributed by atoms with van der Waals surface area (Å²) in [7, 11) is 4.14. The van der Waals surface area contributed by atoms with Crippen LogP contribution in [0.15, 0.2) is 24.3 Å². The fourth-order valence-electron chi connectivity index (χ4n) is 2.19. The molecule has 3 heteroatoms. The van der Waals surface area contributed by atoms with E-state index >= 15 is 0 Å². The molecule has 0 spiro atoms. The summed E-state index contributed by atoms with van der Waals surface area (Å²) < 4.78 is 0. The molecular formula is C16H24N2O. The predicted molar refractivity (Wildman–Crippen MR) is 79.4 cm³/mol. The smallest absolute Gasteiger partial charge is 0.230 e. The number of hydrogen-bond acceptors (Lipinski definition) is 2. The van der Waals surface area contributed by atoms with E-state index in [1.54, 1.807) is 0 Å². The third kappa shape index (κ3) is 4.06. The van der Waals surface area contributed by atoms with E-state index < -0.39 is 0 Å². The zero-order chi connectivity index (χ0) is 13.8. The Morgan fingerprint density at radius 1 is 1.16 bits per heavy atom. The van der Waals surface area contributed by atoms with Crippen molar-refractivity contribution in [2.24, 2.45) is 5.92 Å². The molecule has 0 aromatic heterocycles. The van der Waals surface area contributed by atoms with Crippen LogP contribution in [0, 0.1) is 12.8 Å². The Kier molecular flexibility index (Phi) is 4.59. The molecule has 0 N–H and O–H groups in total. The maximum atomic E-state index is 12.4. The Balaban J connectivity index is 2.04. The van der Waals surface area contributed by atoms with Crippen LogP contribution in [0.4, 0.5) is 5.69 Å². The average molecular weight is 260 g/mol. The number of aryl methyl sites for hydroxylation is 1. The molecule has 0 unspecified atom stereocenters. The molecule has 1 saturated carbocycles. The molecule has 0 heterocycles. The van der Waals surface area contributed by atoms with E-state index in [4.69, 9.17) is 0 Å². The number of carbonyl (C=O) groups is 1. The maximum absolute atomic E-state index is 12.4. The number of amides is 1. The van der Waals surface area contributed by atoms with Gasteiger partial charge in [0.25, 0.3) is 0 Å². The van der Waals surface area contributed by atoms with Gasteiger partial charge in [0.1, 0.15) is 0 Å². The molecular weight excluding hydrogens is 236 g/mol. The Hall–Kier alpha value is -1.35. The zero-order valence-electron chi connectivity index (χ0n) is 12.2. The number of carbonyl (C=O) groups excluding carboxylic acids is 1. The van der Waals surface area contributed by atoms with E-state index in [9.17, 15) is 4.79 Å². The second kappa shape index (κ2) is 6.20. The van der Waals surface area contributed by atoms with Crippen molar-refractivity contribution in [1.82, 2.24) is 4.90 Å². The van der Waals surface area contributed by atoms with Crippen molar-refractivity contribution in [3.05, 3.63) is 29.8 Å². The number of anilines is 1. The van der Waals surface area contributed by atoms with Gasteiger partial charge in [-0.15, -0.1) is 0 Å². The van der Waals surface area contributed by atoms with Crippen molar-refractivity contribution in [2.45, 2.75) is 26.2 Å². The van der Waals surface area contributed by atoms with Crippen LogP contribution in [0.1, 0.15) is 24.8 Å². The van der Waals surface area contributed by atoms with Crippen LogP contribution in [-0.2, 0) is 4.79 Å². The van der Waals surface area contributed by atoms with Crippen molar-refractivity contribution in [3.8, 4) is 0 Å². The number of rotatable bonds is 6. The zero-order valence-corrected chi connectivity index (χ0v) is 12.2. The van der Waals surface area contributed by atoms with E-state index in [1.807, 2.05) is 4.90 Å². The fourth-order valence-corrected chi connectivity index (χ4v) is 2.19. The first-order valence-electron chi connectivity index (χ1n) is 7.10. The summed E-state index contributed by atoms with van der Waals surface area (Å²) in [6, 6.07) is 8.28. The Bertz CT molecular complexity index is 421. The minimum atomic E-state index is 0.278. The van der Waals surface area contributed by atoms with Crippen LogP contribution in [0.25, 0.3) is 0 Å². The predicted octanol–water partition coefficient (Wildman–Crippen LogP) is 2.69. The van der Waals surface area contributed by atoms with Gasteiger partial charge in [-0.3, -0.25) is 4.79 Å². The van der Waals surface area contributed by atoms with Crippen LogP contribution in [0.3, 0.4) is 0 Å². The van der Waals surface area contributed by atoms with Crippen LogP contribution in [0.2, 0.25) is 0 Å². The molecule has 1 aliphatic rings. The van der Waals surface area contributed by atoms with E-state index in [0.29, 0.717) is 5.91 Å². The SMILES string of the molecule is Cc1ccc(N(CCCN(C)C)C(=O)C2CC2)cc1. The number of benzene rings is 1. The van der Waals surface area contributed by atoms with Crippen molar-refractivity contribution in [2.75, 3.05) is 32.1 Å². The Morgan fingerprint density at radius 2 is 1.79 bits per heavy atom. The topological polar surface area (TPSA) is 23.6 Å². The van der Waals surface area contributed by atoms with Crippen LogP contribution in [-0.4, -0.2) is 38.0 Å². The molecule has 3 nitrogen and oxygen atoms in total. The lowest BCUT2D eigenvalue weighted by Crippen LogP contribution is -2.34. The molecule has 0 radical (unpaired) electrons. The highest BCUT2D eigenvalue weighted by atomic mass is 16.2. The van der Waals surface area contributed by atoms with Gasteiger partial charge in [-0.05, 0) is 59.0 Å². The van der Waals surface area contributed by atoms with Gasteiger partial charge in [0.05, 0.1) is 0 Å². The van der Waals surface area contributed by atoms with Gasteiger partial charge in [0, 0.05) is 18.2 Å². The molecule has 0 saturated heterocycles. The summed E-state index contributed by atoms with van der Waals surface area (Å²) in [5.74, 6) is 0.586. The highest BCUT2D eigenvalue weighted by Gasteiger charge is 2.33. The summed E-state index contributed by atoms with van der Waals surface area (Å²) in [6.45, 7) is 3.90. The van der Waals surface area contributed by atoms with E-state index in [-0.39, 0.29) is 5.92 Å². The summed E-state index contributed by atoms with van der Waals surface area (Å²) in [6.07, 6.45) is 3.14. The molecule has 104 valence electrons. The van der Waals surface area contributed by atoms with Crippen molar-refractivity contribution >= 4 is 11.6 Å². The first-order chi connectivity index (χ1) is 9.08. The molecule has 1 amide bonds. The number of hydrogen-bond donors (Lipinski definition) is 0. The summed E-state index contributed by atoms with van der Waals surface area (Å²) in [4.78, 5) is 16.5. The first-order valence-corrected chi connectivity index (χ1v) is 7.10. The van der Waals surface area contributed by atoms with Crippen LogP contribution in [0.5, 0.6) is 0 Å². The minimum Gasteiger partial charge on any atom is -0.312 e. The van der Waals surface area contributed by atoms with Crippen molar-refractivity contribution in [3.63, 3.8) is 0 Å². The van der Waals surface area contributed by atoms with Gasteiger partial charge in [-0.1, -0.05) is 17.7 Å². The monoisotopic (exact) mass is 260 g/mol. The fraction of sp³-hybridized carbons (Fsp3) is 0.562. The quantitative estimate of drug-likeness (QED) is 0.785. The Morgan fingerprint density at radius 3 is 2.32 bits per heavy atom. The van der Waals surface area contributed by atoms with E-state index in [1.165, 1.54) is 5.56 Å². The van der Waals surface area contributed by atoms with Crippen LogP contribution < -0.4 is 4.90 Å². The number of nitrogens with zero attached hydrogens (tertiary/aromatic N) is 2. The minimum absolute atomic E-state index is 0.278. The van der Waals surface area contributed by atoms with Crippen molar-refractivity contribution in [1.29, 1.82) is 0 Å². The van der Waals surface area contributed by atoms with E-state index in [2.05, 4.69) is 50.2 Å². The molecule has 1 aliphatic carbocycles. The molecule has 1 aromatic rings. The lowest BCUT2D eigenvalue weighted by molar-refractivity contribution is -0.119. The standard InChI is InChI=1S/C16H24N2O/c1-13-5-9-15(10-6-13)18(12-4-11-17(2)3)16(19)14-7-8-14/h5-6,9-10,14H,4,7-8,11-12H2,1-3H3. The van der Waals surface area contributed by atoms with Gasteiger partial charge >= 0.3 is 0 Å². The highest BCUT2D eigenvalue weighted by molar-refractivity contribution is 5.96. The lowest BCUT2D eigenvalue weighted by atomic mass is 10.2. The summed E-state index contributed by atoms with van der Waals surface area (Å²) >= 11 is 0. The lowest BCUT2D eigenvalue weighted by Gasteiger charge is -2.24. The molecule has 0 bridgehead atoms. The summed E-state index contributed by atoms with van der Waals surface area (Å²) in [5.41, 5.74) is 2.28. The normalized spacial score (nSPS) is 14.7. The second-order valence-electron chi connectivity index (χ2n) is 5.76. The van der Waals surface area contributed by atoms with Gasteiger partial charge in [0.2, 0.25) is 5.91 Å². The third-order valence-corrected chi connectivity index (χ3v) is 3.53. The molecule has 2 rings (SSSR count). The average Bonchev–Trinajstić information content (AvgIpc) is 3.19. The van der Waals surface area contributed by atoms with Gasteiger partial charge in [-0.25, -0.2) is 0 Å². The Labute approximate surface area is 116 Å². The third-order valence-electron chi connectivity index (χ3n) is 3.53. The first kappa shape index (κ1) is 14.1. The molecule has 19 heavy (non-hydrogen) atoms. The maximum Gasteiger partial charge on any atom is 0.230 e. The second-order valence-corrected chi connectivity index (χ2v) is 5.76. The highest BCUT2D eigenvalue weighted by Crippen LogP contribution is 2.32. The molecule has 0 atom stereocenters. The molecule has 1 aromatic carbocycles. The molecule has 0 aliphatic heterocycles. The van der Waals surface area contributed by atoms with Gasteiger partial charge in [-0.2, -0.15) is 0 Å². The summed E-state index contributed by atoms with van der Waals surface area (Å²) in [5, 5.41) is 0. The van der Waals surface area contributed by atoms with Crippen LogP contribution >= 0.6 is 0 Å². The van der Waals surface area contributed by atoms with Gasteiger partial charge in [0.15, 0.2) is 0 Å². The molecule has 1 fully saturated rings.